The van der Waals surface area contributed by atoms with Crippen LogP contribution in [0.5, 0.6) is 5.75 Å². The van der Waals surface area contributed by atoms with Crippen molar-refractivity contribution >= 4 is 5.69 Å². The molecule has 4 heteroatoms. The van der Waals surface area contributed by atoms with Crippen LogP contribution in [-0.2, 0) is 0 Å². The first-order valence-corrected chi connectivity index (χ1v) is 5.66. The van der Waals surface area contributed by atoms with E-state index in [2.05, 4.69) is 22.3 Å². The van der Waals surface area contributed by atoms with Crippen LogP contribution in [0.1, 0.15) is 0 Å². The second-order valence-electron chi connectivity index (χ2n) is 4.03. The molecule has 1 aromatic carbocycles. The quantitative estimate of drug-likeness (QED) is 0.777. The van der Waals surface area contributed by atoms with Crippen LogP contribution in [0, 0.1) is 0 Å². The van der Waals surface area contributed by atoms with Crippen LogP contribution in [0.4, 0.5) is 5.69 Å². The number of nitrogens with zero attached hydrogens (tertiary/aromatic N) is 1. The molecule has 0 spiro atoms. The third-order valence-electron chi connectivity index (χ3n) is 2.96. The van der Waals surface area contributed by atoms with Crippen LogP contribution >= 0.6 is 0 Å². The zero-order valence-electron chi connectivity index (χ0n) is 9.65. The lowest BCUT2D eigenvalue weighted by molar-refractivity contribution is 0.414. The summed E-state index contributed by atoms with van der Waals surface area (Å²) in [5.41, 5.74) is 6.89. The van der Waals surface area contributed by atoms with Gasteiger partial charge in [-0.05, 0) is 12.1 Å². The molecule has 4 nitrogen and oxygen atoms in total. The zero-order valence-corrected chi connectivity index (χ0v) is 9.65. The Morgan fingerprint density at radius 2 is 2.44 bits per heavy atom. The number of nitrogens with two attached hydrogens (primary N) is 1. The summed E-state index contributed by atoms with van der Waals surface area (Å²) in [6.07, 6.45) is 0. The van der Waals surface area contributed by atoms with E-state index in [0.29, 0.717) is 12.6 Å². The molecule has 1 unspecified atom stereocenters. The SMILES string of the molecule is COc1cccc(N2CCNC(CN)C2)c1. The molecule has 3 N–H and O–H groups in total. The molecule has 1 heterocycles. The van der Waals surface area contributed by atoms with E-state index >= 15 is 0 Å². The lowest BCUT2D eigenvalue weighted by Gasteiger charge is -2.34. The van der Waals surface area contributed by atoms with Crippen LogP contribution in [-0.4, -0.2) is 39.3 Å². The lowest BCUT2D eigenvalue weighted by atomic mass is 10.2. The maximum absolute atomic E-state index is 5.69. The Kier molecular flexibility index (Phi) is 3.64. The number of methoxy groups -OCH3 is 1. The predicted octanol–water partition coefficient (Wildman–Crippen LogP) is 0.432. The van der Waals surface area contributed by atoms with Crippen molar-refractivity contribution in [3.8, 4) is 5.75 Å². The van der Waals surface area contributed by atoms with Crippen molar-refractivity contribution in [1.29, 1.82) is 0 Å². The molecule has 0 radical (unpaired) electrons. The Labute approximate surface area is 96.4 Å². The summed E-state index contributed by atoms with van der Waals surface area (Å²) in [6, 6.07) is 8.56. The fourth-order valence-corrected chi connectivity index (χ4v) is 2.03. The fourth-order valence-electron chi connectivity index (χ4n) is 2.03. The average molecular weight is 221 g/mol. The van der Waals surface area contributed by atoms with E-state index < -0.39 is 0 Å². The number of hydrogen-bond acceptors (Lipinski definition) is 4. The molecule has 1 atom stereocenters. The topological polar surface area (TPSA) is 50.5 Å². The minimum Gasteiger partial charge on any atom is -0.497 e. The van der Waals surface area contributed by atoms with E-state index in [1.54, 1.807) is 7.11 Å². The average Bonchev–Trinajstić information content (AvgIpc) is 2.39. The first-order valence-electron chi connectivity index (χ1n) is 5.66. The minimum atomic E-state index is 0.389. The van der Waals surface area contributed by atoms with Crippen molar-refractivity contribution in [1.82, 2.24) is 5.32 Å². The normalized spacial score (nSPS) is 20.9. The Morgan fingerprint density at radius 1 is 1.56 bits per heavy atom. The third kappa shape index (κ3) is 2.46. The smallest absolute Gasteiger partial charge is 0.120 e. The monoisotopic (exact) mass is 221 g/mol. The second kappa shape index (κ2) is 5.18. The maximum atomic E-state index is 5.69. The van der Waals surface area contributed by atoms with Crippen molar-refractivity contribution < 1.29 is 4.74 Å². The molecule has 2 rings (SSSR count). The first-order chi connectivity index (χ1) is 7.83. The van der Waals surface area contributed by atoms with E-state index in [-0.39, 0.29) is 0 Å². The van der Waals surface area contributed by atoms with Crippen molar-refractivity contribution in [2.24, 2.45) is 5.73 Å². The highest BCUT2D eigenvalue weighted by Crippen LogP contribution is 2.21. The van der Waals surface area contributed by atoms with Gasteiger partial charge in [0, 0.05) is 44.0 Å². The van der Waals surface area contributed by atoms with Gasteiger partial charge >= 0.3 is 0 Å². The first kappa shape index (κ1) is 11.2. The van der Waals surface area contributed by atoms with Gasteiger partial charge in [0.1, 0.15) is 5.75 Å². The number of ether oxygens (including phenoxy) is 1. The summed E-state index contributed by atoms with van der Waals surface area (Å²) in [5, 5.41) is 3.40. The molecule has 1 fully saturated rings. The van der Waals surface area contributed by atoms with Gasteiger partial charge in [-0.1, -0.05) is 6.07 Å². The number of piperazine rings is 1. The van der Waals surface area contributed by atoms with E-state index in [1.807, 2.05) is 12.1 Å². The fraction of sp³-hybridized carbons (Fsp3) is 0.500. The van der Waals surface area contributed by atoms with Gasteiger partial charge in [-0.25, -0.2) is 0 Å². The van der Waals surface area contributed by atoms with Gasteiger partial charge in [0.05, 0.1) is 7.11 Å². The Hall–Kier alpha value is -1.26. The molecule has 0 bridgehead atoms. The highest BCUT2D eigenvalue weighted by Gasteiger charge is 2.18. The molecule has 88 valence electrons. The van der Waals surface area contributed by atoms with E-state index in [1.165, 1.54) is 5.69 Å². The van der Waals surface area contributed by atoms with E-state index in [4.69, 9.17) is 10.5 Å². The van der Waals surface area contributed by atoms with Crippen LogP contribution in [0.2, 0.25) is 0 Å². The van der Waals surface area contributed by atoms with Crippen LogP contribution in [0.15, 0.2) is 24.3 Å². The summed E-state index contributed by atoms with van der Waals surface area (Å²) in [5.74, 6) is 0.903. The molecule has 0 amide bonds. The molecule has 1 aromatic rings. The van der Waals surface area contributed by atoms with Crippen LogP contribution < -0.4 is 20.7 Å². The molecular weight excluding hydrogens is 202 g/mol. The summed E-state index contributed by atoms with van der Waals surface area (Å²) >= 11 is 0. The van der Waals surface area contributed by atoms with Crippen LogP contribution in [0.25, 0.3) is 0 Å². The van der Waals surface area contributed by atoms with Gasteiger partial charge in [-0.15, -0.1) is 0 Å². The molecule has 1 aliphatic heterocycles. The van der Waals surface area contributed by atoms with Crippen LogP contribution in [0.3, 0.4) is 0 Å². The van der Waals surface area contributed by atoms with Gasteiger partial charge in [-0.3, -0.25) is 0 Å². The summed E-state index contributed by atoms with van der Waals surface area (Å²) in [7, 11) is 1.69. The largest absolute Gasteiger partial charge is 0.497 e. The van der Waals surface area contributed by atoms with Crippen molar-refractivity contribution in [3.63, 3.8) is 0 Å². The number of rotatable bonds is 3. The highest BCUT2D eigenvalue weighted by molar-refractivity contribution is 5.51. The van der Waals surface area contributed by atoms with E-state index in [0.717, 1.165) is 25.4 Å². The Bertz CT molecular complexity index is 343. The molecular formula is C12H19N3O. The maximum Gasteiger partial charge on any atom is 0.120 e. The standard InChI is InChI=1S/C12H19N3O/c1-16-12-4-2-3-11(7-12)15-6-5-14-10(8-13)9-15/h2-4,7,10,14H,5-6,8-9,13H2,1H3. The highest BCUT2D eigenvalue weighted by atomic mass is 16.5. The Balaban J connectivity index is 2.10. The molecule has 0 aromatic heterocycles. The Morgan fingerprint density at radius 3 is 3.19 bits per heavy atom. The predicted molar refractivity (Wildman–Crippen MR) is 66.1 cm³/mol. The van der Waals surface area contributed by atoms with Crippen molar-refractivity contribution in [2.75, 3.05) is 38.2 Å². The molecule has 16 heavy (non-hydrogen) atoms. The number of nitrogens with one attached hydrogen (secondary N) is 1. The zero-order chi connectivity index (χ0) is 11.4. The van der Waals surface area contributed by atoms with E-state index in [9.17, 15) is 0 Å². The molecule has 1 aliphatic rings. The van der Waals surface area contributed by atoms with Gasteiger partial charge in [0.15, 0.2) is 0 Å². The van der Waals surface area contributed by atoms with Gasteiger partial charge in [0.25, 0.3) is 0 Å². The molecule has 0 aliphatic carbocycles. The summed E-state index contributed by atoms with van der Waals surface area (Å²) < 4.78 is 5.23. The molecule has 0 saturated carbocycles. The van der Waals surface area contributed by atoms with Crippen molar-refractivity contribution in [3.05, 3.63) is 24.3 Å². The lowest BCUT2D eigenvalue weighted by Crippen LogP contribution is -2.53. The second-order valence-corrected chi connectivity index (χ2v) is 4.03. The third-order valence-corrected chi connectivity index (χ3v) is 2.96. The van der Waals surface area contributed by atoms with Crippen molar-refractivity contribution in [2.45, 2.75) is 6.04 Å². The number of anilines is 1. The van der Waals surface area contributed by atoms with Gasteiger partial charge in [-0.2, -0.15) is 0 Å². The van der Waals surface area contributed by atoms with Gasteiger partial charge < -0.3 is 20.7 Å². The molecule has 1 saturated heterocycles. The number of hydrogen-bond donors (Lipinski definition) is 2. The summed E-state index contributed by atoms with van der Waals surface area (Å²) in [4.78, 5) is 2.34. The van der Waals surface area contributed by atoms with Gasteiger partial charge in [0.2, 0.25) is 0 Å². The number of benzene rings is 1. The minimum absolute atomic E-state index is 0.389. The summed E-state index contributed by atoms with van der Waals surface area (Å²) in [6.45, 7) is 3.65.